The van der Waals surface area contributed by atoms with Gasteiger partial charge in [-0.3, -0.25) is 9.59 Å². The van der Waals surface area contributed by atoms with Crippen molar-refractivity contribution in [2.24, 2.45) is 0 Å². The Morgan fingerprint density at radius 1 is 1.19 bits per heavy atom. The van der Waals surface area contributed by atoms with E-state index in [9.17, 15) is 4.79 Å². The quantitative estimate of drug-likeness (QED) is 0.667. The standard InChI is InChI=1S/C19H25N5O4.CH2O2/c1-23-11-19(28-10-16(23)25)4-6-24(7-5-19)18-21-13-9-15(27-3)14(26-2)8-12(13)17(20)22-18;2-1-3/h8-9H,4-7,10-11H2,1-3H3,(H2,20,21,22);1H,(H,2,3). The van der Waals surface area contributed by atoms with Crippen LogP contribution in [-0.4, -0.2) is 85.5 Å². The number of amides is 1. The predicted molar refractivity (Wildman–Crippen MR) is 114 cm³/mol. The summed E-state index contributed by atoms with van der Waals surface area (Å²) in [6.45, 7) is 2.00. The number of carboxylic acid groups (broad SMARTS) is 1. The Kier molecular flexibility index (Phi) is 6.64. The van der Waals surface area contributed by atoms with Gasteiger partial charge in [0.05, 0.1) is 25.3 Å². The minimum atomic E-state index is -0.280. The third-order valence-corrected chi connectivity index (χ3v) is 5.63. The number of morpholine rings is 1. The minimum Gasteiger partial charge on any atom is -0.493 e. The molecule has 2 aliphatic heterocycles. The number of benzene rings is 1. The number of methoxy groups -OCH3 is 2. The largest absolute Gasteiger partial charge is 0.493 e. The molecule has 0 aliphatic carbocycles. The third kappa shape index (κ3) is 4.55. The monoisotopic (exact) mass is 433 g/mol. The molecule has 0 radical (unpaired) electrons. The molecular formula is C20H27N5O6. The molecule has 3 heterocycles. The van der Waals surface area contributed by atoms with Gasteiger partial charge in [-0.15, -0.1) is 0 Å². The summed E-state index contributed by atoms with van der Waals surface area (Å²) in [6, 6.07) is 3.60. The Hall–Kier alpha value is -3.34. The van der Waals surface area contributed by atoms with Crippen LogP contribution in [0.15, 0.2) is 12.1 Å². The van der Waals surface area contributed by atoms with Crippen molar-refractivity contribution in [3.8, 4) is 11.5 Å². The molecule has 11 nitrogen and oxygen atoms in total. The van der Waals surface area contributed by atoms with E-state index in [1.807, 2.05) is 13.1 Å². The number of fused-ring (bicyclic) bond motifs is 1. The Labute approximate surface area is 179 Å². The Morgan fingerprint density at radius 2 is 1.81 bits per heavy atom. The SMILES string of the molecule is COc1cc2nc(N3CCC4(CC3)CN(C)C(=O)CO4)nc(N)c2cc1OC.O=CO. The van der Waals surface area contributed by atoms with Gasteiger partial charge in [0.2, 0.25) is 11.9 Å². The molecule has 31 heavy (non-hydrogen) atoms. The van der Waals surface area contributed by atoms with E-state index in [0.717, 1.165) is 31.3 Å². The van der Waals surface area contributed by atoms with Gasteiger partial charge in [-0.1, -0.05) is 0 Å². The van der Waals surface area contributed by atoms with Crippen LogP contribution < -0.4 is 20.1 Å². The molecule has 2 aliphatic rings. The second-order valence-corrected chi connectivity index (χ2v) is 7.45. The highest BCUT2D eigenvalue weighted by Crippen LogP contribution is 2.35. The maximum Gasteiger partial charge on any atom is 0.290 e. The number of likely N-dealkylation sites (N-methyl/N-ethyl adjacent to an activating group) is 1. The minimum absolute atomic E-state index is 0.0306. The van der Waals surface area contributed by atoms with Gasteiger partial charge >= 0.3 is 0 Å². The van der Waals surface area contributed by atoms with E-state index in [1.165, 1.54) is 0 Å². The summed E-state index contributed by atoms with van der Waals surface area (Å²) in [4.78, 5) is 33.1. The van der Waals surface area contributed by atoms with Crippen molar-refractivity contribution < 1.29 is 28.9 Å². The maximum atomic E-state index is 11.7. The molecule has 0 atom stereocenters. The van der Waals surface area contributed by atoms with Gasteiger partial charge in [0.25, 0.3) is 6.47 Å². The van der Waals surface area contributed by atoms with Gasteiger partial charge in [-0.2, -0.15) is 4.98 Å². The van der Waals surface area contributed by atoms with Crippen molar-refractivity contribution in [3.63, 3.8) is 0 Å². The molecule has 2 saturated heterocycles. The molecule has 2 aromatic rings. The van der Waals surface area contributed by atoms with Crippen LogP contribution in [0.1, 0.15) is 12.8 Å². The van der Waals surface area contributed by atoms with E-state index < -0.39 is 0 Å². The van der Waals surface area contributed by atoms with Crippen LogP contribution in [0.2, 0.25) is 0 Å². The first-order chi connectivity index (χ1) is 14.9. The van der Waals surface area contributed by atoms with Gasteiger partial charge in [0, 0.05) is 38.1 Å². The van der Waals surface area contributed by atoms with Crippen LogP contribution >= 0.6 is 0 Å². The first-order valence-electron chi connectivity index (χ1n) is 9.76. The van der Waals surface area contributed by atoms with Crippen LogP contribution in [0, 0.1) is 0 Å². The summed E-state index contributed by atoms with van der Waals surface area (Å²) < 4.78 is 16.6. The molecule has 4 rings (SSSR count). The normalized spacial score (nSPS) is 17.8. The highest BCUT2D eigenvalue weighted by Gasteiger charge is 2.41. The number of hydrogen-bond acceptors (Lipinski definition) is 9. The fourth-order valence-electron chi connectivity index (χ4n) is 3.92. The Balaban J connectivity index is 0.000000858. The number of carbonyl (C=O) groups is 2. The van der Waals surface area contributed by atoms with Gasteiger partial charge in [0.1, 0.15) is 12.4 Å². The summed E-state index contributed by atoms with van der Waals surface area (Å²) in [5, 5.41) is 7.62. The van der Waals surface area contributed by atoms with Crippen molar-refractivity contribution in [1.29, 1.82) is 0 Å². The molecule has 0 unspecified atom stereocenters. The molecule has 0 bridgehead atoms. The number of nitrogens with zero attached hydrogens (tertiary/aromatic N) is 4. The second-order valence-electron chi connectivity index (χ2n) is 7.45. The fraction of sp³-hybridized carbons (Fsp3) is 0.500. The molecule has 1 aromatic carbocycles. The van der Waals surface area contributed by atoms with E-state index in [1.54, 1.807) is 25.2 Å². The number of piperidine rings is 1. The van der Waals surface area contributed by atoms with Crippen LogP contribution in [0.3, 0.4) is 0 Å². The number of nitrogen functional groups attached to an aromatic ring is 1. The summed E-state index contributed by atoms with van der Waals surface area (Å²) in [5.74, 6) is 2.21. The van der Waals surface area contributed by atoms with E-state index >= 15 is 0 Å². The van der Waals surface area contributed by atoms with Gasteiger partial charge in [-0.25, -0.2) is 4.98 Å². The number of hydrogen-bond donors (Lipinski definition) is 2. The van der Waals surface area contributed by atoms with E-state index in [2.05, 4.69) is 9.88 Å². The van der Waals surface area contributed by atoms with Gasteiger partial charge in [0.15, 0.2) is 11.5 Å². The molecule has 1 spiro atoms. The maximum absolute atomic E-state index is 11.7. The van der Waals surface area contributed by atoms with Crippen LogP contribution in [0.5, 0.6) is 11.5 Å². The van der Waals surface area contributed by atoms with Crippen molar-refractivity contribution >= 4 is 35.0 Å². The zero-order chi connectivity index (χ0) is 22.6. The first kappa shape index (κ1) is 22.3. The number of ether oxygens (including phenoxy) is 3. The molecule has 0 saturated carbocycles. The summed E-state index contributed by atoms with van der Waals surface area (Å²) in [5.41, 5.74) is 6.63. The lowest BCUT2D eigenvalue weighted by atomic mass is 9.89. The molecule has 1 amide bonds. The first-order valence-corrected chi connectivity index (χ1v) is 9.76. The topological polar surface area (TPSA) is 140 Å². The lowest BCUT2D eigenvalue weighted by Crippen LogP contribution is -2.57. The van der Waals surface area contributed by atoms with Gasteiger partial charge in [-0.05, 0) is 18.9 Å². The molecule has 3 N–H and O–H groups in total. The average molecular weight is 433 g/mol. The molecule has 1 aromatic heterocycles. The zero-order valence-corrected chi connectivity index (χ0v) is 17.8. The highest BCUT2D eigenvalue weighted by atomic mass is 16.5. The number of rotatable bonds is 3. The predicted octanol–water partition coefficient (Wildman–Crippen LogP) is 0.758. The number of nitrogens with two attached hydrogens (primary N) is 1. The average Bonchev–Trinajstić information content (AvgIpc) is 2.77. The van der Waals surface area contributed by atoms with Crippen molar-refractivity contribution in [3.05, 3.63) is 12.1 Å². The smallest absolute Gasteiger partial charge is 0.290 e. The Bertz CT molecular complexity index is 961. The number of aromatic nitrogens is 2. The van der Waals surface area contributed by atoms with Crippen LogP contribution in [-0.2, 0) is 14.3 Å². The van der Waals surface area contributed by atoms with Crippen molar-refractivity contribution in [2.75, 3.05) is 58.1 Å². The van der Waals surface area contributed by atoms with Crippen LogP contribution in [0.25, 0.3) is 10.9 Å². The second kappa shape index (κ2) is 9.21. The summed E-state index contributed by atoms with van der Waals surface area (Å²) in [7, 11) is 5.00. The lowest BCUT2D eigenvalue weighted by molar-refractivity contribution is -0.164. The highest BCUT2D eigenvalue weighted by molar-refractivity contribution is 5.91. The van der Waals surface area contributed by atoms with E-state index in [4.69, 9.17) is 34.8 Å². The van der Waals surface area contributed by atoms with Crippen LogP contribution in [0.4, 0.5) is 11.8 Å². The summed E-state index contributed by atoms with van der Waals surface area (Å²) >= 11 is 0. The molecular weight excluding hydrogens is 406 g/mol. The lowest BCUT2D eigenvalue weighted by Gasteiger charge is -2.46. The molecule has 11 heteroatoms. The Morgan fingerprint density at radius 3 is 2.39 bits per heavy atom. The van der Waals surface area contributed by atoms with Gasteiger partial charge < -0.3 is 34.9 Å². The van der Waals surface area contributed by atoms with E-state index in [0.29, 0.717) is 35.3 Å². The van der Waals surface area contributed by atoms with Crippen molar-refractivity contribution in [1.82, 2.24) is 14.9 Å². The number of anilines is 2. The summed E-state index contributed by atoms with van der Waals surface area (Å²) in [6.07, 6.45) is 1.61. The molecule has 168 valence electrons. The fourth-order valence-corrected chi connectivity index (χ4v) is 3.92. The zero-order valence-electron chi connectivity index (χ0n) is 17.8. The third-order valence-electron chi connectivity index (χ3n) is 5.63. The van der Waals surface area contributed by atoms with Crippen molar-refractivity contribution in [2.45, 2.75) is 18.4 Å². The van der Waals surface area contributed by atoms with E-state index in [-0.39, 0.29) is 24.6 Å². The number of carbonyl (C=O) groups excluding carboxylic acids is 1. The molecule has 2 fully saturated rings.